The van der Waals surface area contributed by atoms with Crippen LogP contribution >= 0.6 is 15.9 Å². The molecule has 19 heavy (non-hydrogen) atoms. The Morgan fingerprint density at radius 2 is 2.05 bits per heavy atom. The summed E-state index contributed by atoms with van der Waals surface area (Å²) in [5, 5.41) is 3.24. The first-order valence-corrected chi connectivity index (χ1v) is 6.06. The molecule has 0 bridgehead atoms. The second-order valence-corrected chi connectivity index (χ2v) is 4.41. The van der Waals surface area contributed by atoms with Gasteiger partial charge in [0, 0.05) is 6.92 Å². The molecule has 0 aromatic carbocycles. The summed E-state index contributed by atoms with van der Waals surface area (Å²) in [6, 6.07) is 0. The van der Waals surface area contributed by atoms with Crippen molar-refractivity contribution in [3.63, 3.8) is 0 Å². The molecular formula is C10H15BrFNO6. The molecule has 0 radical (unpaired) electrons. The molecule has 0 heterocycles. The molecule has 0 aliphatic carbocycles. The maximum absolute atomic E-state index is 13.8. The van der Waals surface area contributed by atoms with E-state index in [9.17, 15) is 14.0 Å². The van der Waals surface area contributed by atoms with E-state index in [2.05, 4.69) is 30.7 Å². The summed E-state index contributed by atoms with van der Waals surface area (Å²) in [5.41, 5.74) is 0. The van der Waals surface area contributed by atoms with E-state index in [1.54, 1.807) is 0 Å². The number of rotatable bonds is 7. The highest BCUT2D eigenvalue weighted by Crippen LogP contribution is 2.17. The second kappa shape index (κ2) is 9.54. The molecule has 0 unspecified atom stereocenters. The zero-order valence-corrected chi connectivity index (χ0v) is 12.3. The van der Waals surface area contributed by atoms with Gasteiger partial charge in [-0.1, -0.05) is 21.1 Å². The lowest BCUT2D eigenvalue weighted by molar-refractivity contribution is -0.141. The zero-order valence-electron chi connectivity index (χ0n) is 10.7. The van der Waals surface area contributed by atoms with Crippen LogP contribution in [0, 0.1) is 0 Å². The lowest BCUT2D eigenvalue weighted by Gasteiger charge is -2.22. The smallest absolute Gasteiger partial charge is 0.465 e. The number of ether oxygens (including phenoxy) is 3. The van der Waals surface area contributed by atoms with Crippen molar-refractivity contribution in [2.24, 2.45) is 5.16 Å². The Bertz CT molecular complexity index is 327. The Labute approximate surface area is 118 Å². The summed E-state index contributed by atoms with van der Waals surface area (Å²) >= 11 is 3.07. The average molecular weight is 344 g/mol. The summed E-state index contributed by atoms with van der Waals surface area (Å²) in [6.45, 7) is 1.02. The third-order valence-corrected chi connectivity index (χ3v) is 2.61. The van der Waals surface area contributed by atoms with Crippen molar-refractivity contribution < 1.29 is 33.0 Å². The third kappa shape index (κ3) is 7.60. The van der Waals surface area contributed by atoms with Gasteiger partial charge in [-0.15, -0.1) is 0 Å². The van der Waals surface area contributed by atoms with Gasteiger partial charge in [0.15, 0.2) is 12.3 Å². The lowest BCUT2D eigenvalue weighted by Crippen LogP contribution is -2.39. The Morgan fingerprint density at radius 1 is 1.42 bits per heavy atom. The molecule has 0 saturated carbocycles. The first-order valence-electron chi connectivity index (χ1n) is 5.15. The highest BCUT2D eigenvalue weighted by atomic mass is 79.9. The molecule has 0 rings (SSSR count). The molecular weight excluding hydrogens is 329 g/mol. The van der Waals surface area contributed by atoms with E-state index in [4.69, 9.17) is 9.47 Å². The van der Waals surface area contributed by atoms with E-state index in [0.717, 1.165) is 13.3 Å². The van der Waals surface area contributed by atoms with Gasteiger partial charge < -0.3 is 19.0 Å². The van der Waals surface area contributed by atoms with Crippen molar-refractivity contribution in [3.8, 4) is 0 Å². The summed E-state index contributed by atoms with van der Waals surface area (Å²) in [6.07, 6.45) is -3.30. The number of oxime groups is 1. The fourth-order valence-electron chi connectivity index (χ4n) is 0.993. The molecule has 0 aromatic heterocycles. The van der Waals surface area contributed by atoms with E-state index in [1.807, 2.05) is 0 Å². The van der Waals surface area contributed by atoms with Crippen LogP contribution in [0.2, 0.25) is 0 Å². The zero-order chi connectivity index (χ0) is 14.8. The minimum absolute atomic E-state index is 0.182. The molecule has 3 atom stereocenters. The predicted molar refractivity (Wildman–Crippen MR) is 67.0 cm³/mol. The minimum atomic E-state index is -1.76. The van der Waals surface area contributed by atoms with Gasteiger partial charge in [0.05, 0.1) is 18.2 Å². The molecule has 0 aliphatic heterocycles. The molecule has 0 aliphatic rings. The summed E-state index contributed by atoms with van der Waals surface area (Å²) in [5.74, 6) is -0.540. The van der Waals surface area contributed by atoms with Gasteiger partial charge in [-0.3, -0.25) is 4.79 Å². The predicted octanol–water partition coefficient (Wildman–Crippen LogP) is 1.43. The molecule has 0 N–H and O–H groups in total. The van der Waals surface area contributed by atoms with Crippen LogP contribution < -0.4 is 0 Å². The fourth-order valence-corrected chi connectivity index (χ4v) is 1.52. The number of alkyl halides is 2. The number of carbonyl (C=O) groups is 2. The molecule has 110 valence electrons. The van der Waals surface area contributed by atoms with E-state index in [0.29, 0.717) is 0 Å². The summed E-state index contributed by atoms with van der Waals surface area (Å²) in [4.78, 5) is 25.3. The van der Waals surface area contributed by atoms with E-state index in [1.165, 1.54) is 14.0 Å². The summed E-state index contributed by atoms with van der Waals surface area (Å²) in [7, 11) is 2.33. The Balaban J connectivity index is 4.67. The Morgan fingerprint density at radius 3 is 2.53 bits per heavy atom. The number of nitrogens with zero attached hydrogens (tertiary/aromatic N) is 1. The molecule has 0 saturated heterocycles. The number of methoxy groups -OCH3 is 1. The first kappa shape index (κ1) is 17.6. The SMILES string of the molecule is CON=C[C@@H](F)[C@H](OC(=O)OC)[C@@H](Br)COC(C)=O. The quantitative estimate of drug-likeness (QED) is 0.301. The first-order chi connectivity index (χ1) is 8.92. The maximum atomic E-state index is 13.8. The van der Waals surface area contributed by atoms with Crippen LogP contribution in [-0.4, -0.2) is 56.3 Å². The average Bonchev–Trinajstić information content (AvgIpc) is 2.38. The Hall–Kier alpha value is -1.38. The van der Waals surface area contributed by atoms with Crippen molar-refractivity contribution in [2.75, 3.05) is 20.8 Å². The van der Waals surface area contributed by atoms with Crippen molar-refractivity contribution in [2.45, 2.75) is 24.0 Å². The van der Waals surface area contributed by atoms with Crippen LogP contribution in [0.25, 0.3) is 0 Å². The summed E-state index contributed by atoms with van der Waals surface area (Å²) < 4.78 is 27.5. The largest absolute Gasteiger partial charge is 0.508 e. The number of hydrogen-bond acceptors (Lipinski definition) is 7. The van der Waals surface area contributed by atoms with Gasteiger partial charge in [-0.25, -0.2) is 9.18 Å². The van der Waals surface area contributed by atoms with Gasteiger partial charge in [0.1, 0.15) is 13.7 Å². The van der Waals surface area contributed by atoms with Crippen LogP contribution in [0.4, 0.5) is 9.18 Å². The van der Waals surface area contributed by atoms with Crippen LogP contribution in [0.3, 0.4) is 0 Å². The lowest BCUT2D eigenvalue weighted by atomic mass is 10.2. The van der Waals surface area contributed by atoms with Gasteiger partial charge in [0.25, 0.3) is 0 Å². The van der Waals surface area contributed by atoms with Gasteiger partial charge in [-0.2, -0.15) is 0 Å². The molecule has 7 nitrogen and oxygen atoms in total. The molecule has 0 aromatic rings. The standard InChI is InChI=1S/C10H15BrFNO6/c1-6(14)18-5-7(11)9(19-10(15)16-2)8(12)4-13-17-3/h4,7-9H,5H2,1-3H3/t7-,8+,9+/m0/s1. The number of halogens is 2. The van der Waals surface area contributed by atoms with Crippen LogP contribution in [0.15, 0.2) is 5.16 Å². The van der Waals surface area contributed by atoms with Crippen LogP contribution in [0.1, 0.15) is 6.92 Å². The van der Waals surface area contributed by atoms with Gasteiger partial charge >= 0.3 is 12.1 Å². The highest BCUT2D eigenvalue weighted by molar-refractivity contribution is 9.09. The van der Waals surface area contributed by atoms with Crippen molar-refractivity contribution in [1.29, 1.82) is 0 Å². The molecule has 0 fully saturated rings. The number of carbonyl (C=O) groups excluding carboxylic acids is 2. The molecule has 9 heteroatoms. The topological polar surface area (TPSA) is 83.4 Å². The van der Waals surface area contributed by atoms with Gasteiger partial charge in [0.2, 0.25) is 0 Å². The molecule has 0 amide bonds. The minimum Gasteiger partial charge on any atom is -0.465 e. The highest BCUT2D eigenvalue weighted by Gasteiger charge is 2.32. The number of hydrogen-bond donors (Lipinski definition) is 0. The Kier molecular flexibility index (Phi) is 8.84. The molecule has 0 spiro atoms. The van der Waals surface area contributed by atoms with Crippen LogP contribution in [-0.2, 0) is 23.8 Å². The van der Waals surface area contributed by atoms with E-state index in [-0.39, 0.29) is 6.61 Å². The maximum Gasteiger partial charge on any atom is 0.508 e. The van der Waals surface area contributed by atoms with Gasteiger partial charge in [-0.05, 0) is 0 Å². The van der Waals surface area contributed by atoms with Crippen molar-refractivity contribution in [1.82, 2.24) is 0 Å². The van der Waals surface area contributed by atoms with Crippen molar-refractivity contribution >= 4 is 34.3 Å². The fraction of sp³-hybridized carbons (Fsp3) is 0.700. The van der Waals surface area contributed by atoms with Crippen molar-refractivity contribution in [3.05, 3.63) is 0 Å². The second-order valence-electron chi connectivity index (χ2n) is 3.24. The third-order valence-electron chi connectivity index (χ3n) is 1.82. The normalized spacial score (nSPS) is 15.4. The van der Waals surface area contributed by atoms with E-state index >= 15 is 0 Å². The number of esters is 1. The van der Waals surface area contributed by atoms with E-state index < -0.39 is 29.2 Å². The monoisotopic (exact) mass is 343 g/mol. The van der Waals surface area contributed by atoms with Crippen LogP contribution in [0.5, 0.6) is 0 Å².